The lowest BCUT2D eigenvalue weighted by Gasteiger charge is -2.11. The molecule has 0 aliphatic carbocycles. The second-order valence-corrected chi connectivity index (χ2v) is 6.81. The van der Waals surface area contributed by atoms with Crippen LogP contribution in [0, 0.1) is 0 Å². The Bertz CT molecular complexity index is 765. The zero-order chi connectivity index (χ0) is 14.9. The number of primary sulfonamides is 1. The molecule has 0 radical (unpaired) electrons. The van der Waals surface area contributed by atoms with Crippen LogP contribution >= 0.6 is 27.5 Å². The van der Waals surface area contributed by atoms with E-state index in [0.717, 1.165) is 4.47 Å². The number of hydrogen-bond donors (Lipinski definition) is 2. The fourth-order valence-electron chi connectivity index (χ4n) is 1.45. The van der Waals surface area contributed by atoms with Gasteiger partial charge < -0.3 is 10.5 Å². The fraction of sp³-hybridized carbons (Fsp3) is 0. The van der Waals surface area contributed by atoms with Crippen LogP contribution in [0.2, 0.25) is 5.02 Å². The monoisotopic (exact) mass is 376 g/mol. The second kappa shape index (κ2) is 5.61. The lowest BCUT2D eigenvalue weighted by Crippen LogP contribution is -2.12. The van der Waals surface area contributed by atoms with Crippen LogP contribution in [0.25, 0.3) is 0 Å². The van der Waals surface area contributed by atoms with Crippen LogP contribution < -0.4 is 15.6 Å². The highest BCUT2D eigenvalue weighted by Gasteiger charge is 2.13. The summed E-state index contributed by atoms with van der Waals surface area (Å²) in [6, 6.07) is 8.99. The molecule has 0 aliphatic rings. The van der Waals surface area contributed by atoms with E-state index >= 15 is 0 Å². The van der Waals surface area contributed by atoms with Crippen molar-refractivity contribution in [1.82, 2.24) is 0 Å². The molecular formula is C12H10BrClN2O3S. The first-order valence-electron chi connectivity index (χ1n) is 5.32. The predicted molar refractivity (Wildman–Crippen MR) is 81.5 cm³/mol. The Morgan fingerprint density at radius 3 is 2.45 bits per heavy atom. The molecular weight excluding hydrogens is 368 g/mol. The van der Waals surface area contributed by atoms with Crippen molar-refractivity contribution < 1.29 is 13.2 Å². The zero-order valence-corrected chi connectivity index (χ0v) is 13.2. The summed E-state index contributed by atoms with van der Waals surface area (Å²) in [4.78, 5) is -0.0900. The summed E-state index contributed by atoms with van der Waals surface area (Å²) in [5, 5.41) is 5.43. The van der Waals surface area contributed by atoms with Gasteiger partial charge in [0.05, 0.1) is 15.6 Å². The van der Waals surface area contributed by atoms with Gasteiger partial charge in [-0.1, -0.05) is 27.5 Å². The van der Waals surface area contributed by atoms with E-state index in [4.69, 9.17) is 27.2 Å². The van der Waals surface area contributed by atoms with E-state index in [1.807, 2.05) is 0 Å². The van der Waals surface area contributed by atoms with E-state index in [1.165, 1.54) is 18.2 Å². The summed E-state index contributed by atoms with van der Waals surface area (Å²) >= 11 is 9.29. The molecule has 0 saturated heterocycles. The van der Waals surface area contributed by atoms with Gasteiger partial charge in [-0.2, -0.15) is 0 Å². The van der Waals surface area contributed by atoms with Gasteiger partial charge in [0.1, 0.15) is 5.75 Å². The van der Waals surface area contributed by atoms with Gasteiger partial charge in [-0.15, -0.1) is 0 Å². The van der Waals surface area contributed by atoms with E-state index in [0.29, 0.717) is 10.8 Å². The molecule has 0 atom stereocenters. The third-order valence-corrected chi connectivity index (χ3v) is 4.14. The molecule has 0 unspecified atom stereocenters. The minimum Gasteiger partial charge on any atom is -0.454 e. The molecule has 4 N–H and O–H groups in total. The second-order valence-electron chi connectivity index (χ2n) is 3.92. The highest BCUT2D eigenvalue weighted by atomic mass is 79.9. The maximum atomic E-state index is 11.3. The molecule has 0 aliphatic heterocycles. The summed E-state index contributed by atoms with van der Waals surface area (Å²) in [5.41, 5.74) is 6.02. The van der Waals surface area contributed by atoms with Crippen LogP contribution in [0.4, 0.5) is 5.69 Å². The van der Waals surface area contributed by atoms with Crippen molar-refractivity contribution in [2.75, 3.05) is 5.73 Å². The van der Waals surface area contributed by atoms with Crippen molar-refractivity contribution in [2.24, 2.45) is 5.14 Å². The Kier molecular flexibility index (Phi) is 4.24. The quantitative estimate of drug-likeness (QED) is 0.803. The van der Waals surface area contributed by atoms with Gasteiger partial charge in [-0.25, -0.2) is 13.6 Å². The topological polar surface area (TPSA) is 95.4 Å². The summed E-state index contributed by atoms with van der Waals surface area (Å²) in [6.07, 6.45) is 0. The van der Waals surface area contributed by atoms with Crippen LogP contribution in [-0.4, -0.2) is 8.42 Å². The van der Waals surface area contributed by atoms with Gasteiger partial charge in [-0.05, 0) is 30.3 Å². The minimum atomic E-state index is -3.83. The number of sulfonamides is 1. The molecule has 0 aromatic heterocycles. The van der Waals surface area contributed by atoms with Crippen molar-refractivity contribution in [3.63, 3.8) is 0 Å². The van der Waals surface area contributed by atoms with Gasteiger partial charge in [0.25, 0.3) is 0 Å². The standard InChI is InChI=1S/C12H10BrClN2O3S/c13-7-1-3-9(14)11(5-7)19-12-6-8(20(16,17)18)2-4-10(12)15/h1-6H,15H2,(H2,16,17,18). The number of anilines is 1. The van der Waals surface area contributed by atoms with Gasteiger partial charge in [-0.3, -0.25) is 0 Å². The number of hydrogen-bond acceptors (Lipinski definition) is 4. The molecule has 0 bridgehead atoms. The molecule has 20 heavy (non-hydrogen) atoms. The summed E-state index contributed by atoms with van der Waals surface area (Å²) < 4.78 is 28.9. The van der Waals surface area contributed by atoms with Crippen molar-refractivity contribution >= 4 is 43.2 Å². The first kappa shape index (κ1) is 15.1. The Morgan fingerprint density at radius 2 is 1.80 bits per heavy atom. The summed E-state index contributed by atoms with van der Waals surface area (Å²) in [5.74, 6) is 0.510. The third kappa shape index (κ3) is 3.43. The van der Waals surface area contributed by atoms with Crippen molar-refractivity contribution in [2.45, 2.75) is 4.90 Å². The molecule has 2 rings (SSSR count). The maximum absolute atomic E-state index is 11.3. The Balaban J connectivity index is 2.45. The highest BCUT2D eigenvalue weighted by Crippen LogP contribution is 2.35. The van der Waals surface area contributed by atoms with Crippen molar-refractivity contribution in [3.8, 4) is 11.5 Å². The molecule has 106 valence electrons. The van der Waals surface area contributed by atoms with Gasteiger partial charge in [0.2, 0.25) is 10.0 Å². The average Bonchev–Trinajstić information content (AvgIpc) is 2.35. The first-order valence-corrected chi connectivity index (χ1v) is 8.04. The molecule has 8 heteroatoms. The number of nitrogen functional groups attached to an aromatic ring is 1. The Labute approximate surface area is 129 Å². The van der Waals surface area contributed by atoms with Crippen LogP contribution in [-0.2, 0) is 10.0 Å². The Morgan fingerprint density at radius 1 is 1.10 bits per heavy atom. The molecule has 2 aromatic rings. The molecule has 5 nitrogen and oxygen atoms in total. The Hall–Kier alpha value is -1.28. The SMILES string of the molecule is Nc1ccc(S(N)(=O)=O)cc1Oc1cc(Br)ccc1Cl. The van der Waals surface area contributed by atoms with E-state index in [2.05, 4.69) is 15.9 Å². The molecule has 0 heterocycles. The van der Waals surface area contributed by atoms with E-state index in [-0.39, 0.29) is 16.3 Å². The zero-order valence-electron chi connectivity index (χ0n) is 10.0. The summed E-state index contributed by atoms with van der Waals surface area (Å²) in [7, 11) is -3.83. The average molecular weight is 378 g/mol. The number of ether oxygens (including phenoxy) is 1. The maximum Gasteiger partial charge on any atom is 0.238 e. The van der Waals surface area contributed by atoms with Gasteiger partial charge >= 0.3 is 0 Å². The molecule has 0 fully saturated rings. The van der Waals surface area contributed by atoms with Crippen LogP contribution in [0.15, 0.2) is 45.8 Å². The lowest BCUT2D eigenvalue weighted by molar-refractivity contribution is 0.483. The minimum absolute atomic E-state index is 0.0900. The fourth-order valence-corrected chi connectivity index (χ4v) is 2.48. The number of nitrogens with two attached hydrogens (primary N) is 2. The molecule has 0 saturated carbocycles. The highest BCUT2D eigenvalue weighted by molar-refractivity contribution is 9.10. The molecule has 0 spiro atoms. The number of rotatable bonds is 3. The third-order valence-electron chi connectivity index (χ3n) is 2.43. The van der Waals surface area contributed by atoms with Crippen molar-refractivity contribution in [1.29, 1.82) is 0 Å². The van der Waals surface area contributed by atoms with Crippen LogP contribution in [0.3, 0.4) is 0 Å². The molecule has 0 amide bonds. The van der Waals surface area contributed by atoms with E-state index in [9.17, 15) is 8.42 Å². The van der Waals surface area contributed by atoms with Crippen molar-refractivity contribution in [3.05, 3.63) is 45.9 Å². The van der Waals surface area contributed by atoms with Crippen LogP contribution in [0.5, 0.6) is 11.5 Å². The first-order chi connectivity index (χ1) is 9.27. The van der Waals surface area contributed by atoms with Gasteiger partial charge in [0.15, 0.2) is 5.75 Å². The number of benzene rings is 2. The smallest absolute Gasteiger partial charge is 0.238 e. The summed E-state index contributed by atoms with van der Waals surface area (Å²) in [6.45, 7) is 0. The van der Waals surface area contributed by atoms with E-state index < -0.39 is 10.0 Å². The molecule has 2 aromatic carbocycles. The lowest BCUT2D eigenvalue weighted by atomic mass is 10.3. The predicted octanol–water partition coefficient (Wildman–Crippen LogP) is 3.12. The van der Waals surface area contributed by atoms with Gasteiger partial charge in [0, 0.05) is 10.5 Å². The number of halogens is 2. The van der Waals surface area contributed by atoms with Crippen LogP contribution in [0.1, 0.15) is 0 Å². The largest absolute Gasteiger partial charge is 0.454 e. The normalized spacial score (nSPS) is 11.3. The van der Waals surface area contributed by atoms with E-state index in [1.54, 1.807) is 18.2 Å².